The first-order valence-corrected chi connectivity index (χ1v) is 11.7. The Morgan fingerprint density at radius 3 is 2.86 bits per heavy atom. The Morgan fingerprint density at radius 1 is 1.08 bits per heavy atom. The molecule has 6 aromatic heterocycles. The van der Waals surface area contributed by atoms with Gasteiger partial charge in [-0.05, 0) is 37.1 Å². The third kappa shape index (κ3) is 3.42. The minimum absolute atomic E-state index is 0.0500. The summed E-state index contributed by atoms with van der Waals surface area (Å²) in [5.74, 6) is 0.745. The Labute approximate surface area is 204 Å². The second-order valence-corrected chi connectivity index (χ2v) is 8.92. The molecule has 0 atom stereocenters. The van der Waals surface area contributed by atoms with Crippen molar-refractivity contribution in [3.05, 3.63) is 61.6 Å². The van der Waals surface area contributed by atoms with Gasteiger partial charge in [-0.25, -0.2) is 9.97 Å². The van der Waals surface area contributed by atoms with Crippen LogP contribution in [-0.2, 0) is 4.79 Å². The lowest BCUT2D eigenvalue weighted by atomic mass is 9.85. The second kappa shape index (κ2) is 8.12. The smallest absolute Gasteiger partial charge is 0.227 e. The number of rotatable bonds is 5. The number of aromatic amines is 2. The molecule has 3 N–H and O–H groups in total. The molecule has 0 aliphatic heterocycles. The maximum atomic E-state index is 12.4. The zero-order valence-corrected chi connectivity index (χ0v) is 19.0. The van der Waals surface area contributed by atoms with Crippen molar-refractivity contribution in [1.29, 1.82) is 0 Å². The van der Waals surface area contributed by atoms with Crippen LogP contribution in [0.1, 0.15) is 19.3 Å². The zero-order valence-electron chi connectivity index (χ0n) is 19.0. The van der Waals surface area contributed by atoms with Crippen molar-refractivity contribution in [3.63, 3.8) is 0 Å². The average Bonchev–Trinajstić information content (AvgIpc) is 3.61. The summed E-state index contributed by atoms with van der Waals surface area (Å²) < 4.78 is 5.25. The highest BCUT2D eigenvalue weighted by Crippen LogP contribution is 2.32. The van der Waals surface area contributed by atoms with Gasteiger partial charge >= 0.3 is 0 Å². The largest absolute Gasteiger partial charge is 0.472 e. The number of aromatic nitrogens is 7. The van der Waals surface area contributed by atoms with Crippen LogP contribution in [0.15, 0.2) is 66.0 Å². The van der Waals surface area contributed by atoms with E-state index in [1.165, 1.54) is 0 Å². The number of H-pyrrole nitrogens is 2. The van der Waals surface area contributed by atoms with Gasteiger partial charge in [0, 0.05) is 40.4 Å². The lowest BCUT2D eigenvalue weighted by Crippen LogP contribution is -2.28. The predicted molar refractivity (Wildman–Crippen MR) is 134 cm³/mol. The molecule has 1 aliphatic rings. The van der Waals surface area contributed by atoms with Gasteiger partial charge in [0.1, 0.15) is 5.69 Å². The molecule has 0 unspecified atom stereocenters. The standard InChI is InChI=1S/C26H20N8O2/c35-26(14-2-1-3-14)30-17-8-16(10-27-11-17)20-9-19-21(12-29-20)33-34-23(19)25-31-22-18(15-5-7-36-13-15)4-6-28-24(22)32-25/h4-14H,1-3H2,(H,30,35)(H,33,34)(H,28,31,32). The first kappa shape index (κ1) is 20.5. The van der Waals surface area contributed by atoms with Crippen molar-refractivity contribution in [3.8, 4) is 33.9 Å². The molecule has 36 heavy (non-hydrogen) atoms. The molecule has 0 aromatic carbocycles. The van der Waals surface area contributed by atoms with Crippen molar-refractivity contribution in [1.82, 2.24) is 35.1 Å². The van der Waals surface area contributed by atoms with Crippen molar-refractivity contribution < 1.29 is 9.21 Å². The van der Waals surface area contributed by atoms with Crippen LogP contribution in [0.2, 0.25) is 0 Å². The molecular weight excluding hydrogens is 456 g/mol. The monoisotopic (exact) mass is 476 g/mol. The first-order chi connectivity index (χ1) is 17.7. The molecule has 1 fully saturated rings. The molecule has 6 heterocycles. The van der Waals surface area contributed by atoms with Crippen LogP contribution in [0, 0.1) is 5.92 Å². The van der Waals surface area contributed by atoms with E-state index < -0.39 is 0 Å². The molecule has 1 amide bonds. The van der Waals surface area contributed by atoms with Gasteiger partial charge in [0.05, 0.1) is 47.3 Å². The Morgan fingerprint density at radius 2 is 2.03 bits per heavy atom. The highest BCUT2D eigenvalue weighted by molar-refractivity contribution is 5.97. The number of imidazole rings is 1. The molecule has 0 radical (unpaired) electrons. The van der Waals surface area contributed by atoms with E-state index >= 15 is 0 Å². The third-order valence-electron chi connectivity index (χ3n) is 6.67. The van der Waals surface area contributed by atoms with Crippen LogP contribution in [0.4, 0.5) is 5.69 Å². The zero-order chi connectivity index (χ0) is 24.1. The quantitative estimate of drug-likeness (QED) is 0.320. The van der Waals surface area contributed by atoms with E-state index in [-0.39, 0.29) is 11.8 Å². The van der Waals surface area contributed by atoms with Gasteiger partial charge in [0.2, 0.25) is 5.91 Å². The number of hydrogen-bond donors (Lipinski definition) is 3. The molecule has 0 bridgehead atoms. The number of carbonyl (C=O) groups excluding carboxylic acids is 1. The second-order valence-electron chi connectivity index (χ2n) is 8.92. The van der Waals surface area contributed by atoms with Crippen LogP contribution in [-0.4, -0.2) is 41.0 Å². The molecule has 0 spiro atoms. The van der Waals surface area contributed by atoms with Crippen LogP contribution in [0.3, 0.4) is 0 Å². The van der Waals surface area contributed by atoms with Crippen molar-refractivity contribution >= 4 is 33.7 Å². The minimum Gasteiger partial charge on any atom is -0.472 e. The van der Waals surface area contributed by atoms with E-state index in [9.17, 15) is 4.79 Å². The fourth-order valence-electron chi connectivity index (χ4n) is 4.50. The number of fused-ring (bicyclic) bond motifs is 2. The molecule has 176 valence electrons. The maximum absolute atomic E-state index is 12.4. The summed E-state index contributed by atoms with van der Waals surface area (Å²) in [5, 5.41) is 11.4. The van der Waals surface area contributed by atoms with Gasteiger partial charge in [-0.15, -0.1) is 0 Å². The number of nitrogens with one attached hydrogen (secondary N) is 3. The topological polar surface area (TPSA) is 138 Å². The summed E-state index contributed by atoms with van der Waals surface area (Å²) >= 11 is 0. The third-order valence-corrected chi connectivity index (χ3v) is 6.67. The van der Waals surface area contributed by atoms with E-state index in [0.717, 1.165) is 52.4 Å². The van der Waals surface area contributed by atoms with E-state index in [0.29, 0.717) is 28.5 Å². The van der Waals surface area contributed by atoms with Crippen LogP contribution >= 0.6 is 0 Å². The molecule has 10 heteroatoms. The summed E-state index contributed by atoms with van der Waals surface area (Å²) in [6, 6.07) is 7.65. The van der Waals surface area contributed by atoms with Gasteiger partial charge in [-0.1, -0.05) is 6.42 Å². The SMILES string of the molecule is O=C(Nc1cncc(-c2cc3c(-c4nc5nccc(-c6ccoc6)c5[nH]4)n[nH]c3cn2)c1)C1CCC1. The average molecular weight is 477 g/mol. The highest BCUT2D eigenvalue weighted by Gasteiger charge is 2.25. The maximum Gasteiger partial charge on any atom is 0.227 e. The Kier molecular flexibility index (Phi) is 4.63. The number of amides is 1. The van der Waals surface area contributed by atoms with E-state index in [2.05, 4.69) is 35.5 Å². The molecule has 1 saturated carbocycles. The van der Waals surface area contributed by atoms with E-state index in [1.54, 1.807) is 37.3 Å². The first-order valence-electron chi connectivity index (χ1n) is 11.7. The number of pyridine rings is 3. The summed E-state index contributed by atoms with van der Waals surface area (Å²) in [6.07, 6.45) is 13.2. The molecule has 6 aromatic rings. The number of carbonyl (C=O) groups is 1. The van der Waals surface area contributed by atoms with Gasteiger partial charge in [-0.3, -0.25) is 19.9 Å². The summed E-state index contributed by atoms with van der Waals surface area (Å²) in [6.45, 7) is 0. The van der Waals surface area contributed by atoms with Crippen molar-refractivity contribution in [2.24, 2.45) is 5.92 Å². The van der Waals surface area contributed by atoms with Crippen LogP contribution < -0.4 is 5.32 Å². The van der Waals surface area contributed by atoms with Crippen molar-refractivity contribution in [2.45, 2.75) is 19.3 Å². The number of nitrogens with zero attached hydrogens (tertiary/aromatic N) is 5. The van der Waals surface area contributed by atoms with E-state index in [4.69, 9.17) is 9.40 Å². The molecule has 1 aliphatic carbocycles. The van der Waals surface area contributed by atoms with Crippen LogP contribution in [0.25, 0.3) is 56.0 Å². The van der Waals surface area contributed by atoms with E-state index in [1.807, 2.05) is 24.3 Å². The van der Waals surface area contributed by atoms with Gasteiger partial charge in [-0.2, -0.15) is 5.10 Å². The summed E-state index contributed by atoms with van der Waals surface area (Å²) in [5.41, 5.74) is 6.89. The summed E-state index contributed by atoms with van der Waals surface area (Å²) in [7, 11) is 0. The molecular formula is C26H20N8O2. The van der Waals surface area contributed by atoms with Crippen LogP contribution in [0.5, 0.6) is 0 Å². The lowest BCUT2D eigenvalue weighted by Gasteiger charge is -2.24. The fraction of sp³-hybridized carbons (Fsp3) is 0.154. The van der Waals surface area contributed by atoms with Gasteiger partial charge in [0.15, 0.2) is 11.5 Å². The normalized spacial score (nSPS) is 13.8. The lowest BCUT2D eigenvalue weighted by molar-refractivity contribution is -0.122. The number of furan rings is 1. The highest BCUT2D eigenvalue weighted by atomic mass is 16.3. The van der Waals surface area contributed by atoms with Gasteiger partial charge in [0.25, 0.3) is 0 Å². The predicted octanol–water partition coefficient (Wildman–Crippen LogP) is 4.96. The van der Waals surface area contributed by atoms with Gasteiger partial charge < -0.3 is 14.7 Å². The molecule has 7 rings (SSSR count). The Bertz CT molecular complexity index is 1730. The number of hydrogen-bond acceptors (Lipinski definition) is 7. The molecule has 10 nitrogen and oxygen atoms in total. The van der Waals surface area contributed by atoms with Crippen molar-refractivity contribution in [2.75, 3.05) is 5.32 Å². The minimum atomic E-state index is 0.0500. The molecule has 0 saturated heterocycles. The Hall–Kier alpha value is -4.86. The number of anilines is 1. The summed E-state index contributed by atoms with van der Waals surface area (Å²) in [4.78, 5) is 33.8. The fourth-order valence-corrected chi connectivity index (χ4v) is 4.50. The Balaban J connectivity index is 1.26.